The van der Waals surface area contributed by atoms with Gasteiger partial charge in [-0.2, -0.15) is 13.2 Å². The molecular weight excluding hydrogens is 601 g/mol. The molecular formula is C32H44F3N8O3+. The first-order valence-electron chi connectivity index (χ1n) is 15.2. The Balaban J connectivity index is 1.85. The zero-order valence-electron chi connectivity index (χ0n) is 26.1. The van der Waals surface area contributed by atoms with Gasteiger partial charge in [-0.25, -0.2) is 0 Å². The van der Waals surface area contributed by atoms with E-state index in [4.69, 9.17) is 17.2 Å². The largest absolute Gasteiger partial charge is 0.416 e. The summed E-state index contributed by atoms with van der Waals surface area (Å²) in [5.74, 6) is -1.80. The minimum atomic E-state index is -4.53. The van der Waals surface area contributed by atoms with E-state index >= 15 is 0 Å². The minimum Gasteiger partial charge on any atom is -0.343 e. The number of hydrogen-bond acceptors (Lipinski definition) is 7. The van der Waals surface area contributed by atoms with Crippen molar-refractivity contribution < 1.29 is 32.0 Å². The van der Waals surface area contributed by atoms with Crippen LogP contribution in [0.5, 0.6) is 0 Å². The number of nitrogens with two attached hydrogens (primary N) is 3. The van der Waals surface area contributed by atoms with Crippen LogP contribution >= 0.6 is 0 Å². The van der Waals surface area contributed by atoms with Crippen molar-refractivity contribution in [2.24, 2.45) is 17.2 Å². The zero-order valence-corrected chi connectivity index (χ0v) is 26.1. The van der Waals surface area contributed by atoms with Crippen LogP contribution in [0.2, 0.25) is 0 Å². The number of pyridine rings is 1. The van der Waals surface area contributed by atoms with Gasteiger partial charge in [-0.15, -0.1) is 0 Å². The van der Waals surface area contributed by atoms with Crippen LogP contribution in [0, 0.1) is 0 Å². The SMILES string of the molecule is C[C@@H](N)C(=O)N[C@@H](CCC[N+](C)(CCN)CCN)C(=O)N[C@@H](Cc1ccc(C(F)(F)F)cc1)C(=O)Nc1cnc2ccccc2c1. The van der Waals surface area contributed by atoms with Gasteiger partial charge in [-0.1, -0.05) is 30.3 Å². The average Bonchev–Trinajstić information content (AvgIpc) is 3.00. The standard InChI is InChI=1S/C32H43F3N8O3/c1-21(38)29(44)41-27(8-5-15-43(2,16-13-36)17-14-37)30(45)42-28(18-22-9-11-24(12-10-22)32(33,34)35)31(46)40-25-19-23-6-3-4-7-26(23)39-20-25/h3-4,6-7,9-12,19-21,27-28H,5,8,13-18,36-38H2,1-2H3,(H2-,40,41,42,44,45,46)/p+1/t21-,27+,28+/m1/s1. The molecule has 0 aliphatic heterocycles. The maximum Gasteiger partial charge on any atom is 0.416 e. The van der Waals surface area contributed by atoms with Crippen LogP contribution < -0.4 is 33.2 Å². The Bertz CT molecular complexity index is 1460. The number of nitrogens with one attached hydrogen (secondary N) is 3. The summed E-state index contributed by atoms with van der Waals surface area (Å²) < 4.78 is 40.1. The van der Waals surface area contributed by atoms with Crippen molar-refractivity contribution in [1.82, 2.24) is 15.6 Å². The number of amides is 3. The van der Waals surface area contributed by atoms with Crippen LogP contribution in [0.1, 0.15) is 30.9 Å². The highest BCUT2D eigenvalue weighted by atomic mass is 19.4. The third kappa shape index (κ3) is 10.8. The molecule has 0 saturated carbocycles. The van der Waals surface area contributed by atoms with Crippen molar-refractivity contribution >= 4 is 34.3 Å². The number of fused-ring (bicyclic) bond motifs is 1. The molecule has 3 amide bonds. The number of hydrogen-bond donors (Lipinski definition) is 6. The molecule has 1 heterocycles. The summed E-state index contributed by atoms with van der Waals surface area (Å²) in [6.07, 6.45) is -2.42. The molecule has 1 aromatic heterocycles. The maximum absolute atomic E-state index is 13.7. The molecule has 0 aliphatic rings. The maximum atomic E-state index is 13.7. The number of carbonyl (C=O) groups excluding carboxylic acids is 3. The molecule has 250 valence electrons. The second-order valence-corrected chi connectivity index (χ2v) is 11.7. The molecule has 2 aromatic carbocycles. The van der Waals surface area contributed by atoms with Crippen molar-refractivity contribution in [2.75, 3.05) is 45.1 Å². The molecule has 0 aliphatic carbocycles. The molecule has 0 fully saturated rings. The van der Waals surface area contributed by atoms with Crippen molar-refractivity contribution in [3.8, 4) is 0 Å². The first-order valence-corrected chi connectivity index (χ1v) is 15.2. The normalized spacial score (nSPS) is 13.9. The summed E-state index contributed by atoms with van der Waals surface area (Å²) in [6, 6.07) is 10.3. The predicted octanol–water partition coefficient (Wildman–Crippen LogP) is 1.90. The fourth-order valence-corrected chi connectivity index (χ4v) is 5.12. The smallest absolute Gasteiger partial charge is 0.343 e. The van der Waals surface area contributed by atoms with E-state index in [-0.39, 0.29) is 12.8 Å². The van der Waals surface area contributed by atoms with Gasteiger partial charge >= 0.3 is 6.18 Å². The molecule has 0 saturated heterocycles. The molecule has 3 rings (SSSR count). The summed E-state index contributed by atoms with van der Waals surface area (Å²) in [6.45, 7) is 4.39. The Morgan fingerprint density at radius 2 is 1.52 bits per heavy atom. The van der Waals surface area contributed by atoms with Gasteiger partial charge in [-0.05, 0) is 49.6 Å². The van der Waals surface area contributed by atoms with Crippen LogP contribution in [0.25, 0.3) is 10.9 Å². The molecule has 0 spiro atoms. The first kappa shape index (κ1) is 36.4. The summed E-state index contributed by atoms with van der Waals surface area (Å²) >= 11 is 0. The Morgan fingerprint density at radius 1 is 0.891 bits per heavy atom. The Labute approximate surface area is 266 Å². The quantitative estimate of drug-likeness (QED) is 0.129. The monoisotopic (exact) mass is 645 g/mol. The third-order valence-electron chi connectivity index (χ3n) is 7.79. The fraction of sp³-hybridized carbons (Fsp3) is 0.438. The van der Waals surface area contributed by atoms with Gasteiger partial charge in [0.1, 0.15) is 12.1 Å². The van der Waals surface area contributed by atoms with Crippen LogP contribution in [-0.4, -0.2) is 85.1 Å². The van der Waals surface area contributed by atoms with Crippen LogP contribution in [0.3, 0.4) is 0 Å². The van der Waals surface area contributed by atoms with E-state index in [0.29, 0.717) is 54.9 Å². The number of rotatable bonds is 16. The highest BCUT2D eigenvalue weighted by Gasteiger charge is 2.31. The molecule has 11 nitrogen and oxygen atoms in total. The van der Waals surface area contributed by atoms with E-state index in [1.807, 2.05) is 31.3 Å². The lowest BCUT2D eigenvalue weighted by molar-refractivity contribution is -0.907. The second kappa shape index (κ2) is 16.5. The van der Waals surface area contributed by atoms with Gasteiger partial charge in [0.25, 0.3) is 0 Å². The fourth-order valence-electron chi connectivity index (χ4n) is 5.12. The van der Waals surface area contributed by atoms with Crippen LogP contribution in [0.4, 0.5) is 18.9 Å². The van der Waals surface area contributed by atoms with Gasteiger partial charge < -0.3 is 37.6 Å². The molecule has 46 heavy (non-hydrogen) atoms. The lowest BCUT2D eigenvalue weighted by Crippen LogP contribution is -2.55. The van der Waals surface area contributed by atoms with E-state index in [0.717, 1.165) is 23.0 Å². The summed E-state index contributed by atoms with van der Waals surface area (Å²) in [7, 11) is 2.02. The average molecular weight is 646 g/mol. The molecule has 9 N–H and O–H groups in total. The molecule has 0 bridgehead atoms. The number of anilines is 1. The van der Waals surface area contributed by atoms with E-state index in [2.05, 4.69) is 20.9 Å². The number of para-hydroxylation sites is 1. The molecule has 0 unspecified atom stereocenters. The molecule has 3 atom stereocenters. The molecule has 0 radical (unpaired) electrons. The number of benzene rings is 2. The molecule has 3 aromatic rings. The van der Waals surface area contributed by atoms with Crippen molar-refractivity contribution in [2.45, 2.75) is 50.5 Å². The lowest BCUT2D eigenvalue weighted by atomic mass is 10.0. The second-order valence-electron chi connectivity index (χ2n) is 11.7. The van der Waals surface area contributed by atoms with Gasteiger partial charge in [0.2, 0.25) is 17.7 Å². The van der Waals surface area contributed by atoms with Crippen molar-refractivity contribution in [3.63, 3.8) is 0 Å². The van der Waals surface area contributed by atoms with Crippen molar-refractivity contribution in [3.05, 3.63) is 71.9 Å². The van der Waals surface area contributed by atoms with Crippen molar-refractivity contribution in [1.29, 1.82) is 0 Å². The van der Waals surface area contributed by atoms with Crippen LogP contribution in [-0.2, 0) is 27.0 Å². The lowest BCUT2D eigenvalue weighted by Gasteiger charge is -2.34. The van der Waals surface area contributed by atoms with Gasteiger partial charge in [-0.3, -0.25) is 19.4 Å². The van der Waals surface area contributed by atoms with Gasteiger partial charge in [0.05, 0.1) is 55.7 Å². The third-order valence-corrected chi connectivity index (χ3v) is 7.79. The minimum absolute atomic E-state index is 0.118. The number of alkyl halides is 3. The number of aromatic nitrogens is 1. The van der Waals surface area contributed by atoms with E-state index in [9.17, 15) is 27.6 Å². The van der Waals surface area contributed by atoms with E-state index < -0.39 is 47.6 Å². The summed E-state index contributed by atoms with van der Waals surface area (Å²) in [5, 5.41) is 8.91. The Morgan fingerprint density at radius 3 is 2.13 bits per heavy atom. The zero-order chi connectivity index (χ0) is 33.9. The number of quaternary nitrogens is 1. The number of likely N-dealkylation sites (N-methyl/N-ethyl adjacent to an activating group) is 1. The van der Waals surface area contributed by atoms with E-state index in [1.54, 1.807) is 6.07 Å². The number of carbonyl (C=O) groups is 3. The molecule has 14 heteroatoms. The number of nitrogens with zero attached hydrogens (tertiary/aromatic N) is 2. The van der Waals surface area contributed by atoms with E-state index in [1.165, 1.54) is 25.3 Å². The van der Waals surface area contributed by atoms with Gasteiger partial charge in [0, 0.05) is 24.9 Å². The Kier molecular flexibility index (Phi) is 13.0. The Hall–Kier alpha value is -4.11. The number of halogens is 3. The highest BCUT2D eigenvalue weighted by molar-refractivity contribution is 5.99. The van der Waals surface area contributed by atoms with Gasteiger partial charge in [0.15, 0.2) is 0 Å². The first-order chi connectivity index (χ1) is 21.7. The predicted molar refractivity (Wildman–Crippen MR) is 171 cm³/mol. The highest BCUT2D eigenvalue weighted by Crippen LogP contribution is 2.29. The summed E-state index contributed by atoms with van der Waals surface area (Å²) in [4.78, 5) is 44.2. The van der Waals surface area contributed by atoms with Crippen LogP contribution in [0.15, 0.2) is 60.8 Å². The summed E-state index contributed by atoms with van der Waals surface area (Å²) in [5.41, 5.74) is 18.0. The topological polar surface area (TPSA) is 178 Å².